The van der Waals surface area contributed by atoms with Crippen LogP contribution in [0, 0.1) is 47.3 Å². The molecule has 1 aromatic heterocycles. The van der Waals surface area contributed by atoms with E-state index in [1.165, 1.54) is 37.7 Å². The van der Waals surface area contributed by atoms with Gasteiger partial charge in [-0.3, -0.25) is 4.79 Å². The van der Waals surface area contributed by atoms with Crippen LogP contribution in [-0.2, 0) is 25.5 Å². The maximum absolute atomic E-state index is 13.8. The lowest BCUT2D eigenvalue weighted by molar-refractivity contribution is -0.173. The summed E-state index contributed by atoms with van der Waals surface area (Å²) >= 11 is 0. The normalized spacial score (nSPS) is 28.6. The van der Waals surface area contributed by atoms with E-state index in [2.05, 4.69) is 37.0 Å². The van der Waals surface area contributed by atoms with Crippen molar-refractivity contribution in [2.45, 2.75) is 90.6 Å². The lowest BCUT2D eigenvalue weighted by atomic mass is 9.67. The molecule has 1 N–H and O–H groups in total. The molecule has 4 aliphatic carbocycles. The summed E-state index contributed by atoms with van der Waals surface area (Å²) < 4.78 is 17.8. The van der Waals surface area contributed by atoms with Crippen LogP contribution in [0.15, 0.2) is 64.6 Å². The smallest absolute Gasteiger partial charge is 0.334 e. The molecule has 4 bridgehead atoms. The van der Waals surface area contributed by atoms with Crippen molar-refractivity contribution >= 4 is 22.9 Å². The number of esters is 2. The van der Waals surface area contributed by atoms with Gasteiger partial charge in [0.1, 0.15) is 18.0 Å². The molecule has 5 fully saturated rings. The third-order valence-corrected chi connectivity index (χ3v) is 11.9. The summed E-state index contributed by atoms with van der Waals surface area (Å²) in [5.74, 6) is 8.99. The van der Waals surface area contributed by atoms with Crippen molar-refractivity contribution in [2.24, 2.45) is 28.6 Å². The maximum Gasteiger partial charge on any atom is 0.334 e. The summed E-state index contributed by atoms with van der Waals surface area (Å²) in [6.45, 7) is 5.44. The molecular weight excluding hydrogens is 588 g/mol. The molecule has 1 saturated heterocycles. The minimum atomic E-state index is -1.24. The first-order valence-electron chi connectivity index (χ1n) is 17.5. The SMILES string of the molecule is CCC(CC)(Cc1cc2cc(C#Cc3ccc(C)cc3)ccc2o1)C(=O)OC[C@]1(CO)C/C(=C\CC23CC4CC(C2)C(C4)C3)C(=O)O1. The Labute approximate surface area is 277 Å². The van der Waals surface area contributed by atoms with Crippen molar-refractivity contribution in [3.63, 3.8) is 0 Å². The van der Waals surface area contributed by atoms with E-state index in [1.54, 1.807) is 0 Å². The molecule has 47 heavy (non-hydrogen) atoms. The van der Waals surface area contributed by atoms with E-state index in [0.717, 1.165) is 46.3 Å². The summed E-state index contributed by atoms with van der Waals surface area (Å²) in [5.41, 5.74) is 2.66. The van der Waals surface area contributed by atoms with Gasteiger partial charge in [-0.05, 0) is 118 Å². The molecule has 0 amide bonds. The Bertz CT molecular complexity index is 1740. The zero-order valence-corrected chi connectivity index (χ0v) is 27.9. The van der Waals surface area contributed by atoms with E-state index in [0.29, 0.717) is 36.0 Å². The number of hydrogen-bond acceptors (Lipinski definition) is 6. The van der Waals surface area contributed by atoms with Gasteiger partial charge >= 0.3 is 11.9 Å². The monoisotopic (exact) mass is 634 g/mol. The van der Waals surface area contributed by atoms with Gasteiger partial charge in [0.05, 0.1) is 12.0 Å². The molecule has 4 saturated carbocycles. The Balaban J connectivity index is 1.01. The van der Waals surface area contributed by atoms with Crippen molar-refractivity contribution in [2.75, 3.05) is 13.2 Å². The average Bonchev–Trinajstić information content (AvgIpc) is 3.78. The van der Waals surface area contributed by atoms with Crippen LogP contribution in [0.2, 0.25) is 0 Å². The van der Waals surface area contributed by atoms with Gasteiger partial charge in [0.25, 0.3) is 0 Å². The molecule has 8 rings (SSSR count). The van der Waals surface area contributed by atoms with Gasteiger partial charge in [0.2, 0.25) is 0 Å². The number of hydrogen-bond donors (Lipinski definition) is 1. The van der Waals surface area contributed by atoms with Crippen molar-refractivity contribution < 1.29 is 28.6 Å². The molecule has 6 heteroatoms. The number of aryl methyl sites for hydroxylation is 1. The van der Waals surface area contributed by atoms with Crippen molar-refractivity contribution in [1.82, 2.24) is 0 Å². The third-order valence-electron chi connectivity index (χ3n) is 11.9. The highest BCUT2D eigenvalue weighted by Crippen LogP contribution is 2.65. The van der Waals surface area contributed by atoms with Crippen LogP contribution in [0.1, 0.15) is 94.1 Å². The quantitative estimate of drug-likeness (QED) is 0.139. The van der Waals surface area contributed by atoms with Crippen LogP contribution in [-0.4, -0.2) is 35.9 Å². The number of aliphatic hydroxyl groups excluding tert-OH is 1. The molecule has 5 aliphatic rings. The largest absolute Gasteiger partial charge is 0.461 e. The third kappa shape index (κ3) is 6.16. The van der Waals surface area contributed by atoms with Gasteiger partial charge in [-0.2, -0.15) is 0 Å². The number of cyclic esters (lactones) is 1. The van der Waals surface area contributed by atoms with Gasteiger partial charge in [-0.1, -0.05) is 49.5 Å². The highest BCUT2D eigenvalue weighted by Gasteiger charge is 2.55. The van der Waals surface area contributed by atoms with Gasteiger partial charge in [-0.25, -0.2) is 4.79 Å². The second kappa shape index (κ2) is 12.3. The van der Waals surface area contributed by atoms with Crippen molar-refractivity contribution in [1.29, 1.82) is 0 Å². The zero-order valence-electron chi connectivity index (χ0n) is 27.9. The fourth-order valence-corrected chi connectivity index (χ4v) is 9.24. The van der Waals surface area contributed by atoms with Gasteiger partial charge in [0, 0.05) is 34.9 Å². The molecule has 246 valence electrons. The van der Waals surface area contributed by atoms with Gasteiger partial charge < -0.3 is 19.0 Å². The lowest BCUT2D eigenvalue weighted by Crippen LogP contribution is -2.42. The Hall–Kier alpha value is -3.82. The maximum atomic E-state index is 13.8. The molecule has 6 nitrogen and oxygen atoms in total. The van der Waals surface area contributed by atoms with E-state index < -0.39 is 23.6 Å². The number of fused-ring (bicyclic) bond motifs is 1. The topological polar surface area (TPSA) is 86.0 Å². The minimum Gasteiger partial charge on any atom is -0.461 e. The van der Waals surface area contributed by atoms with Crippen molar-refractivity contribution in [3.05, 3.63) is 82.6 Å². The first-order chi connectivity index (χ1) is 22.6. The molecular formula is C41H46O6. The van der Waals surface area contributed by atoms with Crippen LogP contribution in [0.5, 0.6) is 0 Å². The second-order valence-electron chi connectivity index (χ2n) is 15.1. The lowest BCUT2D eigenvalue weighted by Gasteiger charge is -2.37. The van der Waals surface area contributed by atoms with E-state index in [9.17, 15) is 14.7 Å². The summed E-state index contributed by atoms with van der Waals surface area (Å²) in [4.78, 5) is 26.7. The predicted molar refractivity (Wildman–Crippen MR) is 180 cm³/mol. The molecule has 1 aliphatic heterocycles. The highest BCUT2D eigenvalue weighted by atomic mass is 16.6. The Morgan fingerprint density at radius 1 is 1.02 bits per heavy atom. The Morgan fingerprint density at radius 3 is 2.40 bits per heavy atom. The summed E-state index contributed by atoms with van der Waals surface area (Å²) in [6.07, 6.45) is 11.3. The molecule has 0 spiro atoms. The number of rotatable bonds is 10. The molecule has 3 aromatic rings. The number of furan rings is 1. The molecule has 2 heterocycles. The predicted octanol–water partition coefficient (Wildman–Crippen LogP) is 7.85. The molecule has 2 aromatic carbocycles. The van der Waals surface area contributed by atoms with E-state index in [4.69, 9.17) is 13.9 Å². The fraction of sp³-hybridized carbons (Fsp3) is 0.512. The minimum absolute atomic E-state index is 0.173. The van der Waals surface area contributed by atoms with E-state index in [1.807, 2.05) is 50.2 Å². The highest BCUT2D eigenvalue weighted by molar-refractivity contribution is 5.91. The van der Waals surface area contributed by atoms with Crippen LogP contribution in [0.25, 0.3) is 11.0 Å². The first kappa shape index (κ1) is 31.8. The Morgan fingerprint density at radius 2 is 1.72 bits per heavy atom. The van der Waals surface area contributed by atoms with E-state index >= 15 is 0 Å². The average molecular weight is 635 g/mol. The molecule has 0 radical (unpaired) electrons. The number of carbonyl (C=O) groups is 2. The van der Waals surface area contributed by atoms with Crippen LogP contribution < -0.4 is 0 Å². The molecule has 2 unspecified atom stereocenters. The molecule has 3 atom stereocenters. The Kier molecular flexibility index (Phi) is 8.33. The fourth-order valence-electron chi connectivity index (χ4n) is 9.24. The van der Waals surface area contributed by atoms with Gasteiger partial charge in [0.15, 0.2) is 5.60 Å². The standard InChI is InChI=1S/C41H46O6/c1-4-40(5-2,24-35-19-32-16-29(12-13-36(32)46-35)11-10-28-8-6-27(3)7-9-28)38(44)45-26-41(25-42)23-31(37(43)47-41)14-15-39-20-30-17-33(21-39)34(18-30)22-39/h6-9,12-14,16,19,30,33-34,42H,4-5,15,17-18,20-26H2,1-3H3/b31-14+/t30?,33?,34?,39?,41-/m1/s1. The van der Waals surface area contributed by atoms with Crippen LogP contribution in [0.3, 0.4) is 0 Å². The summed E-state index contributed by atoms with van der Waals surface area (Å²) in [5, 5.41) is 11.3. The van der Waals surface area contributed by atoms with Crippen LogP contribution in [0.4, 0.5) is 0 Å². The van der Waals surface area contributed by atoms with Crippen molar-refractivity contribution in [3.8, 4) is 11.8 Å². The number of aliphatic hydroxyl groups is 1. The number of benzene rings is 2. The number of carbonyl (C=O) groups excluding carboxylic acids is 2. The van der Waals surface area contributed by atoms with Crippen LogP contribution >= 0.6 is 0 Å². The summed E-state index contributed by atoms with van der Waals surface area (Å²) in [6, 6.07) is 16.0. The first-order valence-corrected chi connectivity index (χ1v) is 17.5. The summed E-state index contributed by atoms with van der Waals surface area (Å²) in [7, 11) is 0. The number of allylic oxidation sites excluding steroid dienone is 1. The van der Waals surface area contributed by atoms with E-state index in [-0.39, 0.29) is 19.0 Å². The van der Waals surface area contributed by atoms with Gasteiger partial charge in [-0.15, -0.1) is 0 Å². The number of ether oxygens (including phenoxy) is 2. The zero-order chi connectivity index (χ0) is 32.8. The second-order valence-corrected chi connectivity index (χ2v) is 15.1.